The molecule has 1 heterocycles. The van der Waals surface area contributed by atoms with Gasteiger partial charge in [-0.3, -0.25) is 0 Å². The van der Waals surface area contributed by atoms with Gasteiger partial charge in [-0.15, -0.1) is 5.10 Å². The van der Waals surface area contributed by atoms with E-state index in [9.17, 15) is 0 Å². The molecule has 0 aliphatic heterocycles. The highest BCUT2D eigenvalue weighted by atomic mass is 32.1. The van der Waals surface area contributed by atoms with E-state index in [1.54, 1.807) is 6.20 Å². The van der Waals surface area contributed by atoms with Gasteiger partial charge in [0.05, 0.1) is 11.1 Å². The molecule has 3 nitrogen and oxygen atoms in total. The summed E-state index contributed by atoms with van der Waals surface area (Å²) >= 11 is 1.37. The lowest BCUT2D eigenvalue weighted by Crippen LogP contribution is -2.25. The van der Waals surface area contributed by atoms with E-state index in [4.69, 9.17) is 5.73 Å². The van der Waals surface area contributed by atoms with Crippen LogP contribution in [0.3, 0.4) is 0 Å². The molecule has 2 N–H and O–H groups in total. The summed E-state index contributed by atoms with van der Waals surface area (Å²) in [5.74, 6) is 0. The van der Waals surface area contributed by atoms with Gasteiger partial charge in [-0.25, -0.2) is 0 Å². The van der Waals surface area contributed by atoms with Gasteiger partial charge in [0, 0.05) is 6.04 Å². The van der Waals surface area contributed by atoms with Gasteiger partial charge < -0.3 is 5.73 Å². The third-order valence-electron chi connectivity index (χ3n) is 1.62. The lowest BCUT2D eigenvalue weighted by atomic mass is 9.87. The lowest BCUT2D eigenvalue weighted by Gasteiger charge is -2.24. The fraction of sp³-hybridized carbons (Fsp3) is 0.714. The minimum absolute atomic E-state index is 0.0440. The van der Waals surface area contributed by atoms with E-state index >= 15 is 0 Å². The molecule has 0 aromatic carbocycles. The first kappa shape index (κ1) is 8.62. The molecule has 0 bridgehead atoms. The van der Waals surface area contributed by atoms with E-state index in [-0.39, 0.29) is 11.5 Å². The summed E-state index contributed by atoms with van der Waals surface area (Å²) in [6.45, 7) is 6.33. The van der Waals surface area contributed by atoms with Crippen molar-refractivity contribution >= 4 is 11.5 Å². The zero-order chi connectivity index (χ0) is 8.48. The van der Waals surface area contributed by atoms with Gasteiger partial charge in [-0.1, -0.05) is 25.3 Å². The van der Waals surface area contributed by atoms with E-state index in [0.717, 1.165) is 4.88 Å². The van der Waals surface area contributed by atoms with Crippen molar-refractivity contribution in [3.05, 3.63) is 11.1 Å². The Kier molecular flexibility index (Phi) is 2.25. The summed E-state index contributed by atoms with van der Waals surface area (Å²) in [5.41, 5.74) is 6.04. The molecule has 0 spiro atoms. The number of hydrogen-bond donors (Lipinski definition) is 1. The molecule has 1 aromatic heterocycles. The maximum Gasteiger partial charge on any atom is 0.0669 e. The minimum Gasteiger partial charge on any atom is -0.323 e. The van der Waals surface area contributed by atoms with E-state index in [1.165, 1.54) is 11.5 Å². The average Bonchev–Trinajstić information content (AvgIpc) is 2.34. The topological polar surface area (TPSA) is 51.8 Å². The predicted octanol–water partition coefficient (Wildman–Crippen LogP) is 1.58. The fourth-order valence-electron chi connectivity index (χ4n) is 0.739. The molecule has 1 rings (SSSR count). The molecular weight excluding hydrogens is 158 g/mol. The number of aromatic nitrogens is 2. The van der Waals surface area contributed by atoms with Gasteiger partial charge in [0.1, 0.15) is 0 Å². The van der Waals surface area contributed by atoms with Crippen LogP contribution < -0.4 is 5.73 Å². The number of hydrogen-bond acceptors (Lipinski definition) is 4. The Labute approximate surface area is 70.8 Å². The van der Waals surface area contributed by atoms with E-state index in [1.807, 2.05) is 0 Å². The standard InChI is InChI=1S/C7H13N3S/c1-7(2,3)6(8)5-4-9-10-11-5/h4,6H,8H2,1-3H3. The highest BCUT2D eigenvalue weighted by Gasteiger charge is 2.23. The Morgan fingerprint density at radius 1 is 1.55 bits per heavy atom. The van der Waals surface area contributed by atoms with Crippen LogP contribution in [0.2, 0.25) is 0 Å². The number of nitrogens with two attached hydrogens (primary N) is 1. The minimum atomic E-state index is 0.0440. The smallest absolute Gasteiger partial charge is 0.0669 e. The monoisotopic (exact) mass is 171 g/mol. The van der Waals surface area contributed by atoms with Crippen LogP contribution in [-0.2, 0) is 0 Å². The first-order valence-corrected chi connectivity index (χ1v) is 4.32. The van der Waals surface area contributed by atoms with Gasteiger partial charge in [0.25, 0.3) is 0 Å². The molecule has 0 amide bonds. The molecule has 4 heteroatoms. The van der Waals surface area contributed by atoms with Crippen LogP contribution in [0, 0.1) is 5.41 Å². The molecular formula is C7H13N3S. The molecule has 0 saturated heterocycles. The second kappa shape index (κ2) is 2.87. The molecule has 0 fully saturated rings. The average molecular weight is 171 g/mol. The van der Waals surface area contributed by atoms with Crippen LogP contribution >= 0.6 is 11.5 Å². The maximum absolute atomic E-state index is 5.95. The van der Waals surface area contributed by atoms with Gasteiger partial charge in [0.15, 0.2) is 0 Å². The summed E-state index contributed by atoms with van der Waals surface area (Å²) in [6, 6.07) is 0.0440. The first-order chi connectivity index (χ1) is 5.02. The first-order valence-electron chi connectivity index (χ1n) is 3.54. The Balaban J connectivity index is 2.78. The molecule has 1 atom stereocenters. The normalized spacial score (nSPS) is 14.9. The zero-order valence-corrected chi connectivity index (χ0v) is 7.85. The Morgan fingerprint density at radius 2 is 2.18 bits per heavy atom. The van der Waals surface area contributed by atoms with Gasteiger partial charge >= 0.3 is 0 Å². The molecule has 0 radical (unpaired) electrons. The lowest BCUT2D eigenvalue weighted by molar-refractivity contribution is 0.330. The van der Waals surface area contributed by atoms with Gasteiger partial charge in [-0.2, -0.15) is 0 Å². The van der Waals surface area contributed by atoms with E-state index in [0.29, 0.717) is 0 Å². The van der Waals surface area contributed by atoms with Crippen LogP contribution in [-0.4, -0.2) is 9.59 Å². The van der Waals surface area contributed by atoms with Crippen molar-refractivity contribution in [2.45, 2.75) is 26.8 Å². The predicted molar refractivity (Wildman–Crippen MR) is 46.3 cm³/mol. The number of nitrogens with zero attached hydrogens (tertiary/aromatic N) is 2. The molecule has 0 aliphatic rings. The van der Waals surface area contributed by atoms with E-state index in [2.05, 4.69) is 30.4 Å². The van der Waals surface area contributed by atoms with Crippen molar-refractivity contribution in [3.63, 3.8) is 0 Å². The largest absolute Gasteiger partial charge is 0.323 e. The Hall–Kier alpha value is -0.480. The third-order valence-corrected chi connectivity index (χ3v) is 2.36. The Morgan fingerprint density at radius 3 is 2.55 bits per heavy atom. The van der Waals surface area contributed by atoms with E-state index < -0.39 is 0 Å². The van der Waals surface area contributed by atoms with Gasteiger partial charge in [0.2, 0.25) is 0 Å². The highest BCUT2D eigenvalue weighted by Crippen LogP contribution is 2.31. The molecule has 0 aliphatic carbocycles. The summed E-state index contributed by atoms with van der Waals surface area (Å²) in [6.07, 6.45) is 1.74. The summed E-state index contributed by atoms with van der Waals surface area (Å²) in [4.78, 5) is 1.05. The highest BCUT2D eigenvalue weighted by molar-refractivity contribution is 7.05. The van der Waals surface area contributed by atoms with Crippen LogP contribution in [0.25, 0.3) is 0 Å². The summed E-state index contributed by atoms with van der Waals surface area (Å²) in [7, 11) is 0. The molecule has 1 aromatic rings. The fourth-order valence-corrected chi connectivity index (χ4v) is 1.49. The zero-order valence-electron chi connectivity index (χ0n) is 7.03. The molecule has 62 valence electrons. The summed E-state index contributed by atoms with van der Waals surface area (Å²) < 4.78 is 3.77. The van der Waals surface area contributed by atoms with Crippen LogP contribution in [0.15, 0.2) is 6.20 Å². The maximum atomic E-state index is 5.95. The van der Waals surface area contributed by atoms with Crippen molar-refractivity contribution in [2.75, 3.05) is 0 Å². The quantitative estimate of drug-likeness (QED) is 0.698. The van der Waals surface area contributed by atoms with Crippen LogP contribution in [0.5, 0.6) is 0 Å². The molecule has 1 unspecified atom stereocenters. The number of rotatable bonds is 1. The Bertz CT molecular complexity index is 212. The molecule has 0 saturated carbocycles. The van der Waals surface area contributed by atoms with Crippen molar-refractivity contribution in [1.82, 2.24) is 9.59 Å². The van der Waals surface area contributed by atoms with Crippen molar-refractivity contribution in [2.24, 2.45) is 11.1 Å². The second-order valence-electron chi connectivity index (χ2n) is 3.66. The van der Waals surface area contributed by atoms with Gasteiger partial charge in [-0.05, 0) is 16.9 Å². The third kappa shape index (κ3) is 1.97. The van der Waals surface area contributed by atoms with Crippen LogP contribution in [0.4, 0.5) is 0 Å². The molecule has 11 heavy (non-hydrogen) atoms. The van der Waals surface area contributed by atoms with Crippen molar-refractivity contribution in [1.29, 1.82) is 0 Å². The van der Waals surface area contributed by atoms with Crippen LogP contribution in [0.1, 0.15) is 31.7 Å². The van der Waals surface area contributed by atoms with Crippen molar-refractivity contribution in [3.8, 4) is 0 Å². The SMILES string of the molecule is CC(C)(C)C(N)c1cnns1. The second-order valence-corrected chi connectivity index (χ2v) is 4.48. The van der Waals surface area contributed by atoms with Crippen molar-refractivity contribution < 1.29 is 0 Å². The summed E-state index contributed by atoms with van der Waals surface area (Å²) in [5, 5.41) is 3.75.